The van der Waals surface area contributed by atoms with Crippen LogP contribution in [-0.2, 0) is 4.79 Å². The number of benzene rings is 2. The van der Waals surface area contributed by atoms with Gasteiger partial charge in [0.2, 0.25) is 5.91 Å². The molecule has 188 valence electrons. The summed E-state index contributed by atoms with van der Waals surface area (Å²) in [6.45, 7) is 4.38. The number of halogens is 1. The quantitative estimate of drug-likeness (QED) is 0.379. The van der Waals surface area contributed by atoms with Crippen molar-refractivity contribution in [1.82, 2.24) is 4.90 Å². The highest BCUT2D eigenvalue weighted by atomic mass is 35.5. The Bertz CT molecular complexity index is 1030. The molecule has 1 N–H and O–H groups in total. The number of carbonyl (C=O) groups excluding carboxylic acids is 1. The van der Waals surface area contributed by atoms with Crippen molar-refractivity contribution in [2.45, 2.75) is 51.5 Å². The van der Waals surface area contributed by atoms with Crippen molar-refractivity contribution in [1.29, 1.82) is 0 Å². The van der Waals surface area contributed by atoms with E-state index in [0.717, 1.165) is 68.9 Å². The van der Waals surface area contributed by atoms with Gasteiger partial charge in [-0.25, -0.2) is 0 Å². The average Bonchev–Trinajstić information content (AvgIpc) is 2.85. The largest absolute Gasteiger partial charge is 0.382 e. The van der Waals surface area contributed by atoms with Crippen molar-refractivity contribution in [3.63, 3.8) is 0 Å². The van der Waals surface area contributed by atoms with Crippen LogP contribution in [-0.4, -0.2) is 48.5 Å². The Labute approximate surface area is 212 Å². The molecule has 1 saturated carbocycles. The number of hydrogen-bond donors (Lipinski definition) is 1. The second kappa shape index (κ2) is 11.3. The van der Waals surface area contributed by atoms with E-state index in [9.17, 15) is 14.9 Å². The van der Waals surface area contributed by atoms with Gasteiger partial charge < -0.3 is 15.1 Å². The van der Waals surface area contributed by atoms with Crippen molar-refractivity contribution >= 4 is 34.6 Å². The lowest BCUT2D eigenvalue weighted by Gasteiger charge is -2.36. The molecule has 4 rings (SSSR count). The summed E-state index contributed by atoms with van der Waals surface area (Å²) in [5.41, 5.74) is 2.94. The van der Waals surface area contributed by atoms with E-state index in [-0.39, 0.29) is 22.4 Å². The number of amides is 1. The summed E-state index contributed by atoms with van der Waals surface area (Å²) in [5.74, 6) is 0.907. The molecule has 2 aromatic rings. The molecule has 1 heterocycles. The van der Waals surface area contributed by atoms with Gasteiger partial charge in [0.1, 0.15) is 0 Å². The monoisotopic (exact) mass is 498 g/mol. The zero-order valence-electron chi connectivity index (χ0n) is 20.6. The topological polar surface area (TPSA) is 78.7 Å². The Morgan fingerprint density at radius 1 is 1.09 bits per heavy atom. The number of rotatable bonds is 7. The smallest absolute Gasteiger partial charge is 0.272 e. The Kier molecular flexibility index (Phi) is 8.16. The molecule has 2 aromatic carbocycles. The van der Waals surface area contributed by atoms with Crippen molar-refractivity contribution in [2.75, 3.05) is 36.9 Å². The van der Waals surface area contributed by atoms with Gasteiger partial charge in [-0.3, -0.25) is 14.9 Å². The number of aryl methyl sites for hydroxylation is 1. The third kappa shape index (κ3) is 6.45. The average molecular weight is 499 g/mol. The van der Waals surface area contributed by atoms with Gasteiger partial charge in [0, 0.05) is 66.7 Å². The van der Waals surface area contributed by atoms with Gasteiger partial charge in [0.05, 0.1) is 4.92 Å². The zero-order chi connectivity index (χ0) is 24.9. The van der Waals surface area contributed by atoms with E-state index in [1.54, 1.807) is 19.1 Å². The minimum Gasteiger partial charge on any atom is -0.382 e. The number of anilines is 2. The Hall–Kier alpha value is -2.80. The van der Waals surface area contributed by atoms with Gasteiger partial charge in [0.15, 0.2) is 0 Å². The summed E-state index contributed by atoms with van der Waals surface area (Å²) in [6, 6.07) is 13.5. The molecule has 0 aromatic heterocycles. The van der Waals surface area contributed by atoms with Crippen LogP contribution in [0.5, 0.6) is 0 Å². The van der Waals surface area contributed by atoms with E-state index in [2.05, 4.69) is 10.2 Å². The Morgan fingerprint density at radius 3 is 2.34 bits per heavy atom. The molecule has 1 aliphatic carbocycles. The van der Waals surface area contributed by atoms with Crippen LogP contribution in [0.1, 0.15) is 44.1 Å². The molecule has 35 heavy (non-hydrogen) atoms. The van der Waals surface area contributed by atoms with E-state index in [0.29, 0.717) is 17.5 Å². The fraction of sp³-hybridized carbons (Fsp3) is 0.519. The van der Waals surface area contributed by atoms with Gasteiger partial charge >= 0.3 is 0 Å². The number of hydrogen-bond acceptors (Lipinski definition) is 5. The van der Waals surface area contributed by atoms with Crippen LogP contribution in [0.2, 0.25) is 5.02 Å². The fourth-order valence-electron chi connectivity index (χ4n) is 5.50. The number of nitrogens with one attached hydrogen (secondary N) is 1. The van der Waals surface area contributed by atoms with Gasteiger partial charge in [0.25, 0.3) is 5.69 Å². The van der Waals surface area contributed by atoms with Crippen LogP contribution < -0.4 is 10.2 Å². The van der Waals surface area contributed by atoms with Crippen LogP contribution in [0.25, 0.3) is 0 Å². The summed E-state index contributed by atoms with van der Waals surface area (Å²) in [6.07, 6.45) is 6.02. The van der Waals surface area contributed by atoms with Crippen LogP contribution in [0.15, 0.2) is 42.5 Å². The molecule has 1 saturated heterocycles. The standard InChI is InChI=1S/C27H35ClN4O3/c1-19-17-24(9-12-26(19)32(34)35)29-23-7-3-20(4-8-23)18-30(2)27(33)21-13-15-31(16-14-21)25-10-5-22(28)6-11-25/h5-6,9-12,17,20-21,23,29H,3-4,7-8,13-16,18H2,1-2H3. The molecule has 1 amide bonds. The number of nitro groups is 1. The maximum atomic E-state index is 13.1. The first kappa shape index (κ1) is 25.3. The minimum absolute atomic E-state index is 0.104. The predicted molar refractivity (Wildman–Crippen MR) is 141 cm³/mol. The predicted octanol–water partition coefficient (Wildman–Crippen LogP) is 5.90. The summed E-state index contributed by atoms with van der Waals surface area (Å²) in [7, 11) is 1.96. The normalized spacial score (nSPS) is 20.9. The molecule has 0 spiro atoms. The first-order chi connectivity index (χ1) is 16.8. The van der Waals surface area contributed by atoms with Gasteiger partial charge in [-0.2, -0.15) is 0 Å². The third-order valence-electron chi connectivity index (χ3n) is 7.56. The lowest BCUT2D eigenvalue weighted by Crippen LogP contribution is -2.43. The molecule has 0 bridgehead atoms. The highest BCUT2D eigenvalue weighted by Crippen LogP contribution is 2.30. The SMILES string of the molecule is Cc1cc(NC2CCC(CN(C)C(=O)C3CCN(c4ccc(Cl)cc4)CC3)CC2)ccc1[N+](=O)[O-]. The highest BCUT2D eigenvalue weighted by Gasteiger charge is 2.29. The number of carbonyl (C=O) groups is 1. The summed E-state index contributed by atoms with van der Waals surface area (Å²) in [4.78, 5) is 28.1. The zero-order valence-corrected chi connectivity index (χ0v) is 21.3. The van der Waals surface area contributed by atoms with Crippen molar-refractivity contribution in [2.24, 2.45) is 11.8 Å². The van der Waals surface area contributed by atoms with Gasteiger partial charge in [-0.05, 0) is 87.8 Å². The first-order valence-corrected chi connectivity index (χ1v) is 12.9. The molecule has 0 unspecified atom stereocenters. The summed E-state index contributed by atoms with van der Waals surface area (Å²) < 4.78 is 0. The lowest BCUT2D eigenvalue weighted by molar-refractivity contribution is -0.385. The molecule has 0 radical (unpaired) electrons. The number of nitrogens with zero attached hydrogens (tertiary/aromatic N) is 3. The Balaban J connectivity index is 1.20. The summed E-state index contributed by atoms with van der Waals surface area (Å²) >= 11 is 6.00. The Morgan fingerprint density at radius 2 is 1.74 bits per heavy atom. The van der Waals surface area contributed by atoms with E-state index >= 15 is 0 Å². The van der Waals surface area contributed by atoms with Crippen LogP contribution in [0.3, 0.4) is 0 Å². The molecular formula is C27H35ClN4O3. The maximum Gasteiger partial charge on any atom is 0.272 e. The number of nitro benzene ring substituents is 1. The second-order valence-corrected chi connectivity index (χ2v) is 10.5. The van der Waals surface area contributed by atoms with Crippen molar-refractivity contribution in [3.05, 3.63) is 63.2 Å². The molecule has 1 aliphatic heterocycles. The molecule has 8 heteroatoms. The van der Waals surface area contributed by atoms with E-state index in [1.165, 1.54) is 5.69 Å². The maximum absolute atomic E-state index is 13.1. The fourth-order valence-corrected chi connectivity index (χ4v) is 5.63. The van der Waals surface area contributed by atoms with E-state index < -0.39 is 0 Å². The summed E-state index contributed by atoms with van der Waals surface area (Å²) in [5, 5.41) is 15.3. The molecule has 2 aliphatic rings. The van der Waals surface area contributed by atoms with Crippen LogP contribution in [0, 0.1) is 28.9 Å². The van der Waals surface area contributed by atoms with Gasteiger partial charge in [-0.15, -0.1) is 0 Å². The molecular weight excluding hydrogens is 464 g/mol. The highest BCUT2D eigenvalue weighted by molar-refractivity contribution is 6.30. The first-order valence-electron chi connectivity index (χ1n) is 12.6. The molecule has 7 nitrogen and oxygen atoms in total. The molecule has 0 atom stereocenters. The van der Waals surface area contributed by atoms with Crippen molar-refractivity contribution < 1.29 is 9.72 Å². The minimum atomic E-state index is -0.342. The van der Waals surface area contributed by atoms with Crippen LogP contribution >= 0.6 is 11.6 Å². The second-order valence-electron chi connectivity index (χ2n) is 10.1. The lowest BCUT2D eigenvalue weighted by atomic mass is 9.85. The van der Waals surface area contributed by atoms with Crippen LogP contribution in [0.4, 0.5) is 17.1 Å². The van der Waals surface area contributed by atoms with Gasteiger partial charge in [-0.1, -0.05) is 11.6 Å². The number of piperidine rings is 1. The van der Waals surface area contributed by atoms with E-state index in [4.69, 9.17) is 11.6 Å². The van der Waals surface area contributed by atoms with Crippen molar-refractivity contribution in [3.8, 4) is 0 Å². The van der Waals surface area contributed by atoms with E-state index in [1.807, 2.05) is 42.3 Å². The third-order valence-corrected chi connectivity index (χ3v) is 7.81. The molecule has 2 fully saturated rings.